The number of hydrogen-bond acceptors (Lipinski definition) is 4. The number of carbonyl (C=O) groups is 1. The van der Waals surface area contributed by atoms with Crippen molar-refractivity contribution in [1.82, 2.24) is 20.0 Å². The molecule has 4 rings (SSSR count). The van der Waals surface area contributed by atoms with Crippen LogP contribution in [0.2, 0.25) is 0 Å². The Kier molecular flexibility index (Phi) is 5.48. The van der Waals surface area contributed by atoms with E-state index >= 15 is 0 Å². The molecule has 2 heterocycles. The highest BCUT2D eigenvalue weighted by atomic mass is 16.5. The number of nitrogens with zero attached hydrogens (tertiary/aromatic N) is 3. The van der Waals surface area contributed by atoms with Gasteiger partial charge in [-0.3, -0.25) is 4.79 Å². The number of nitrogens with one attached hydrogen (secondary N) is 1. The van der Waals surface area contributed by atoms with E-state index in [2.05, 4.69) is 15.5 Å². The van der Waals surface area contributed by atoms with E-state index in [1.54, 1.807) is 0 Å². The molecule has 0 radical (unpaired) electrons. The van der Waals surface area contributed by atoms with Crippen molar-refractivity contribution in [2.75, 3.05) is 0 Å². The molecule has 0 bridgehead atoms. The average molecular weight is 400 g/mol. The molecule has 0 unspecified atom stereocenters. The summed E-state index contributed by atoms with van der Waals surface area (Å²) in [6.45, 7) is 6.22. The number of hydrogen-bond donors (Lipinski definition) is 1. The standard InChI is InChI=1S/C24H24N4O2/c1-16-6-10-19(11-7-16)18(3)25-22(29)15-28-14-4-5-21(28)24-26-23(27-30-24)20-12-8-17(2)9-13-20/h4-14,18H,15H2,1-3H3,(H,25,29)/t18-/m1/s1. The summed E-state index contributed by atoms with van der Waals surface area (Å²) in [7, 11) is 0. The summed E-state index contributed by atoms with van der Waals surface area (Å²) >= 11 is 0. The van der Waals surface area contributed by atoms with Gasteiger partial charge < -0.3 is 14.4 Å². The SMILES string of the molecule is Cc1ccc(-c2noc(-c3cccn3CC(=O)N[C@H](C)c3ccc(C)cc3)n2)cc1. The molecule has 1 amide bonds. The molecule has 0 fully saturated rings. The maximum absolute atomic E-state index is 12.6. The highest BCUT2D eigenvalue weighted by molar-refractivity contribution is 5.77. The van der Waals surface area contributed by atoms with Gasteiger partial charge in [0.25, 0.3) is 5.89 Å². The maximum atomic E-state index is 12.6. The zero-order valence-corrected chi connectivity index (χ0v) is 17.3. The second-order valence-electron chi connectivity index (χ2n) is 7.51. The van der Waals surface area contributed by atoms with Gasteiger partial charge in [0.2, 0.25) is 11.7 Å². The molecule has 152 valence electrons. The number of aromatic nitrogens is 3. The highest BCUT2D eigenvalue weighted by Crippen LogP contribution is 2.23. The third kappa shape index (κ3) is 4.33. The number of aryl methyl sites for hydroxylation is 2. The Morgan fingerprint density at radius 2 is 1.70 bits per heavy atom. The molecule has 2 aromatic carbocycles. The number of carbonyl (C=O) groups excluding carboxylic acids is 1. The van der Waals surface area contributed by atoms with Crippen molar-refractivity contribution in [1.29, 1.82) is 0 Å². The normalized spacial score (nSPS) is 12.0. The molecule has 0 aliphatic heterocycles. The molecule has 2 aromatic heterocycles. The molecule has 0 aliphatic rings. The molecule has 6 heteroatoms. The van der Waals surface area contributed by atoms with Crippen LogP contribution < -0.4 is 5.32 Å². The molecule has 0 saturated heterocycles. The van der Waals surface area contributed by atoms with Crippen LogP contribution in [-0.2, 0) is 11.3 Å². The topological polar surface area (TPSA) is 73.0 Å². The van der Waals surface area contributed by atoms with Crippen LogP contribution in [0.3, 0.4) is 0 Å². The van der Waals surface area contributed by atoms with E-state index < -0.39 is 0 Å². The fourth-order valence-electron chi connectivity index (χ4n) is 3.27. The Labute approximate surface area is 175 Å². The molecule has 4 aromatic rings. The van der Waals surface area contributed by atoms with E-state index in [9.17, 15) is 4.79 Å². The Morgan fingerprint density at radius 3 is 2.40 bits per heavy atom. The molecule has 30 heavy (non-hydrogen) atoms. The van der Waals surface area contributed by atoms with Crippen LogP contribution in [0.15, 0.2) is 71.4 Å². The Morgan fingerprint density at radius 1 is 1.03 bits per heavy atom. The van der Waals surface area contributed by atoms with Crippen LogP contribution >= 0.6 is 0 Å². The van der Waals surface area contributed by atoms with Gasteiger partial charge in [0.1, 0.15) is 12.2 Å². The van der Waals surface area contributed by atoms with Crippen LogP contribution in [-0.4, -0.2) is 20.6 Å². The predicted molar refractivity (Wildman–Crippen MR) is 116 cm³/mol. The van der Waals surface area contributed by atoms with E-state index in [0.29, 0.717) is 17.4 Å². The van der Waals surface area contributed by atoms with Gasteiger partial charge in [0.15, 0.2) is 0 Å². The quantitative estimate of drug-likeness (QED) is 0.509. The van der Waals surface area contributed by atoms with Gasteiger partial charge in [0.05, 0.1) is 6.04 Å². The number of amides is 1. The second kappa shape index (κ2) is 8.37. The minimum atomic E-state index is -0.0844. The zero-order valence-electron chi connectivity index (χ0n) is 17.3. The van der Waals surface area contributed by atoms with E-state index in [1.165, 1.54) is 11.1 Å². The van der Waals surface area contributed by atoms with Crippen molar-refractivity contribution in [2.45, 2.75) is 33.4 Å². The Balaban J connectivity index is 1.46. The van der Waals surface area contributed by atoms with Gasteiger partial charge in [-0.15, -0.1) is 0 Å². The van der Waals surface area contributed by atoms with Crippen molar-refractivity contribution >= 4 is 5.91 Å². The van der Waals surface area contributed by atoms with E-state index in [-0.39, 0.29) is 18.5 Å². The molecule has 0 saturated carbocycles. The van der Waals surface area contributed by atoms with Gasteiger partial charge >= 0.3 is 0 Å². The minimum absolute atomic E-state index is 0.0753. The third-order valence-corrected chi connectivity index (χ3v) is 5.05. The first-order valence-electron chi connectivity index (χ1n) is 9.92. The first kappa shape index (κ1) is 19.6. The fourth-order valence-corrected chi connectivity index (χ4v) is 3.27. The molecular formula is C24H24N4O2. The Bertz CT molecular complexity index is 1140. The minimum Gasteiger partial charge on any atom is -0.348 e. The second-order valence-corrected chi connectivity index (χ2v) is 7.51. The Hall–Kier alpha value is -3.67. The summed E-state index contributed by atoms with van der Waals surface area (Å²) in [5.74, 6) is 0.823. The van der Waals surface area contributed by atoms with Gasteiger partial charge in [0, 0.05) is 11.8 Å². The van der Waals surface area contributed by atoms with Crippen LogP contribution in [0.4, 0.5) is 0 Å². The monoisotopic (exact) mass is 400 g/mol. The molecule has 1 atom stereocenters. The number of benzene rings is 2. The first-order valence-corrected chi connectivity index (χ1v) is 9.92. The van der Waals surface area contributed by atoms with Crippen molar-refractivity contribution in [2.24, 2.45) is 0 Å². The van der Waals surface area contributed by atoms with Crippen molar-refractivity contribution < 1.29 is 9.32 Å². The fraction of sp³-hybridized carbons (Fsp3) is 0.208. The van der Waals surface area contributed by atoms with Crippen LogP contribution in [0.5, 0.6) is 0 Å². The average Bonchev–Trinajstić information content (AvgIpc) is 3.38. The molecule has 1 N–H and O–H groups in total. The van der Waals surface area contributed by atoms with Crippen molar-refractivity contribution in [3.05, 3.63) is 83.6 Å². The molecular weight excluding hydrogens is 376 g/mol. The molecule has 6 nitrogen and oxygen atoms in total. The molecule has 0 spiro atoms. The highest BCUT2D eigenvalue weighted by Gasteiger charge is 2.16. The van der Waals surface area contributed by atoms with Crippen molar-refractivity contribution in [3.8, 4) is 23.0 Å². The maximum Gasteiger partial charge on any atom is 0.274 e. The third-order valence-electron chi connectivity index (χ3n) is 5.05. The van der Waals surface area contributed by atoms with Crippen LogP contribution in [0.25, 0.3) is 23.0 Å². The largest absolute Gasteiger partial charge is 0.348 e. The summed E-state index contributed by atoms with van der Waals surface area (Å²) < 4.78 is 7.27. The lowest BCUT2D eigenvalue weighted by Crippen LogP contribution is -2.30. The van der Waals surface area contributed by atoms with Crippen LogP contribution in [0.1, 0.15) is 29.7 Å². The van der Waals surface area contributed by atoms with E-state index in [4.69, 9.17) is 4.52 Å². The van der Waals surface area contributed by atoms with Gasteiger partial charge in [-0.05, 0) is 38.5 Å². The van der Waals surface area contributed by atoms with E-state index in [0.717, 1.165) is 11.1 Å². The zero-order chi connectivity index (χ0) is 21.1. The summed E-state index contributed by atoms with van der Waals surface area (Å²) in [6.07, 6.45) is 1.83. The van der Waals surface area contributed by atoms with Gasteiger partial charge in [-0.2, -0.15) is 4.98 Å². The smallest absolute Gasteiger partial charge is 0.274 e. The molecule has 0 aliphatic carbocycles. The summed E-state index contributed by atoms with van der Waals surface area (Å²) in [5, 5.41) is 7.13. The number of rotatable bonds is 6. The lowest BCUT2D eigenvalue weighted by Gasteiger charge is -2.15. The van der Waals surface area contributed by atoms with Crippen LogP contribution in [0, 0.1) is 13.8 Å². The lowest BCUT2D eigenvalue weighted by atomic mass is 10.1. The predicted octanol–water partition coefficient (Wildman–Crippen LogP) is 4.70. The summed E-state index contributed by atoms with van der Waals surface area (Å²) in [5.41, 5.74) is 5.03. The summed E-state index contributed by atoms with van der Waals surface area (Å²) in [4.78, 5) is 17.1. The van der Waals surface area contributed by atoms with Gasteiger partial charge in [-0.25, -0.2) is 0 Å². The lowest BCUT2D eigenvalue weighted by molar-refractivity contribution is -0.122. The summed E-state index contributed by atoms with van der Waals surface area (Å²) in [6, 6.07) is 19.7. The van der Waals surface area contributed by atoms with Gasteiger partial charge in [-0.1, -0.05) is 64.8 Å². The first-order chi connectivity index (χ1) is 14.5. The van der Waals surface area contributed by atoms with E-state index in [1.807, 2.05) is 92.2 Å². The van der Waals surface area contributed by atoms with Crippen molar-refractivity contribution in [3.63, 3.8) is 0 Å².